The van der Waals surface area contributed by atoms with Crippen LogP contribution >= 0.6 is 0 Å². The van der Waals surface area contributed by atoms with Gasteiger partial charge in [0, 0.05) is 18.9 Å². The van der Waals surface area contributed by atoms with Crippen molar-refractivity contribution in [2.75, 3.05) is 19.8 Å². The molecule has 2 atom stereocenters. The summed E-state index contributed by atoms with van der Waals surface area (Å²) in [4.78, 5) is 15.1. The molecule has 1 aromatic rings. The minimum Gasteiger partial charge on any atom is -0.490 e. The first-order chi connectivity index (χ1) is 11.8. The van der Waals surface area contributed by atoms with Gasteiger partial charge in [-0.15, -0.1) is 0 Å². The van der Waals surface area contributed by atoms with Crippen molar-refractivity contribution in [2.24, 2.45) is 5.92 Å². The number of hydrogen-bond donors (Lipinski definition) is 0. The summed E-state index contributed by atoms with van der Waals surface area (Å²) < 4.78 is 11.5. The van der Waals surface area contributed by atoms with E-state index < -0.39 is 0 Å². The molecule has 0 aromatic heterocycles. The Kier molecular flexibility index (Phi) is 4.46. The maximum atomic E-state index is 13.0. The molecule has 3 aliphatic rings. The molecule has 4 heteroatoms. The molecule has 0 N–H and O–H groups in total. The van der Waals surface area contributed by atoms with Gasteiger partial charge >= 0.3 is 0 Å². The van der Waals surface area contributed by atoms with E-state index in [0.29, 0.717) is 19.1 Å². The Bertz CT molecular complexity index is 640. The van der Waals surface area contributed by atoms with Crippen molar-refractivity contribution < 1.29 is 14.3 Å². The van der Waals surface area contributed by atoms with Gasteiger partial charge in [-0.2, -0.15) is 0 Å². The van der Waals surface area contributed by atoms with Crippen molar-refractivity contribution in [1.82, 2.24) is 4.90 Å². The molecule has 0 saturated carbocycles. The van der Waals surface area contributed by atoms with E-state index in [2.05, 4.69) is 29.2 Å². The second kappa shape index (κ2) is 6.88. The number of carbonyl (C=O) groups excluding carboxylic acids is 1. The van der Waals surface area contributed by atoms with E-state index in [9.17, 15) is 4.79 Å². The van der Waals surface area contributed by atoms with Crippen LogP contribution in [0.15, 0.2) is 30.4 Å². The lowest BCUT2D eigenvalue weighted by Crippen LogP contribution is -2.36. The van der Waals surface area contributed by atoms with E-state index in [1.54, 1.807) is 0 Å². The van der Waals surface area contributed by atoms with Gasteiger partial charge in [0.2, 0.25) is 5.91 Å². The summed E-state index contributed by atoms with van der Waals surface area (Å²) in [5.41, 5.74) is 1.18. The van der Waals surface area contributed by atoms with Crippen molar-refractivity contribution >= 4 is 5.91 Å². The van der Waals surface area contributed by atoms with Crippen molar-refractivity contribution in [1.29, 1.82) is 0 Å². The summed E-state index contributed by atoms with van der Waals surface area (Å²) in [5, 5.41) is 0. The molecule has 0 bridgehead atoms. The summed E-state index contributed by atoms with van der Waals surface area (Å²) >= 11 is 0. The average molecular weight is 327 g/mol. The third kappa shape index (κ3) is 3.02. The third-order valence-electron chi connectivity index (χ3n) is 5.31. The monoisotopic (exact) mass is 327 g/mol. The third-order valence-corrected chi connectivity index (χ3v) is 5.31. The van der Waals surface area contributed by atoms with Crippen molar-refractivity contribution in [3.63, 3.8) is 0 Å². The lowest BCUT2D eigenvalue weighted by Gasteiger charge is -2.30. The number of rotatable bonds is 2. The highest BCUT2D eigenvalue weighted by atomic mass is 16.5. The fraction of sp³-hybridized carbons (Fsp3) is 0.550. The van der Waals surface area contributed by atoms with Crippen molar-refractivity contribution in [2.45, 2.75) is 44.6 Å². The summed E-state index contributed by atoms with van der Waals surface area (Å²) in [7, 11) is 0. The predicted octanol–water partition coefficient (Wildman–Crippen LogP) is 3.87. The molecule has 2 heterocycles. The SMILES string of the molecule is O=C([C@@H]1CC=CCC1)N1CCC[C@@H]1c1ccc2c(c1)OCCCO2. The van der Waals surface area contributed by atoms with Crippen LogP contribution in [0.1, 0.15) is 50.1 Å². The molecule has 1 fully saturated rings. The summed E-state index contributed by atoms with van der Waals surface area (Å²) in [6.07, 6.45) is 10.3. The van der Waals surface area contributed by atoms with Crippen LogP contribution in [0.25, 0.3) is 0 Å². The van der Waals surface area contributed by atoms with Gasteiger partial charge in [-0.05, 0) is 49.8 Å². The molecule has 4 nitrogen and oxygen atoms in total. The minimum atomic E-state index is 0.163. The van der Waals surface area contributed by atoms with Gasteiger partial charge in [0.15, 0.2) is 11.5 Å². The Labute approximate surface area is 143 Å². The van der Waals surface area contributed by atoms with E-state index in [1.165, 1.54) is 5.56 Å². The van der Waals surface area contributed by atoms with Gasteiger partial charge < -0.3 is 14.4 Å². The van der Waals surface area contributed by atoms with Crippen molar-refractivity contribution in [3.8, 4) is 11.5 Å². The number of amides is 1. The maximum Gasteiger partial charge on any atom is 0.226 e. The van der Waals surface area contributed by atoms with Gasteiger partial charge in [0.05, 0.1) is 19.3 Å². The second-order valence-corrected chi connectivity index (χ2v) is 6.93. The molecule has 1 amide bonds. The van der Waals surface area contributed by atoms with Crippen molar-refractivity contribution in [3.05, 3.63) is 35.9 Å². The van der Waals surface area contributed by atoms with E-state index in [4.69, 9.17) is 9.47 Å². The van der Waals surface area contributed by atoms with Crippen LogP contribution in [0.5, 0.6) is 11.5 Å². The number of carbonyl (C=O) groups is 1. The highest BCUT2D eigenvalue weighted by Gasteiger charge is 2.34. The number of allylic oxidation sites excluding steroid dienone is 2. The summed E-state index contributed by atoms with van der Waals surface area (Å²) in [6.45, 7) is 2.27. The molecule has 128 valence electrons. The average Bonchev–Trinajstić information content (AvgIpc) is 3.00. The molecular formula is C20H25NO3. The number of likely N-dealkylation sites (tertiary alicyclic amines) is 1. The molecule has 0 unspecified atom stereocenters. The van der Waals surface area contributed by atoms with Gasteiger partial charge in [-0.1, -0.05) is 18.2 Å². The Hall–Kier alpha value is -1.97. The lowest BCUT2D eigenvalue weighted by molar-refractivity contribution is -0.136. The zero-order valence-electron chi connectivity index (χ0n) is 14.1. The van der Waals surface area contributed by atoms with Gasteiger partial charge in [0.1, 0.15) is 0 Å². The second-order valence-electron chi connectivity index (χ2n) is 6.93. The van der Waals surface area contributed by atoms with Gasteiger partial charge in [-0.25, -0.2) is 0 Å². The van der Waals surface area contributed by atoms with E-state index in [0.717, 1.165) is 56.6 Å². The fourth-order valence-electron chi connectivity index (χ4n) is 4.02. The van der Waals surface area contributed by atoms with Crippen LogP contribution < -0.4 is 9.47 Å². The molecule has 0 spiro atoms. The van der Waals surface area contributed by atoms with Crippen LogP contribution in [0, 0.1) is 5.92 Å². The van der Waals surface area contributed by atoms with E-state index in [-0.39, 0.29) is 12.0 Å². The van der Waals surface area contributed by atoms with E-state index >= 15 is 0 Å². The molecular weight excluding hydrogens is 302 g/mol. The van der Waals surface area contributed by atoms with Gasteiger partial charge in [0.25, 0.3) is 0 Å². The maximum absolute atomic E-state index is 13.0. The highest BCUT2D eigenvalue weighted by Crippen LogP contribution is 2.39. The van der Waals surface area contributed by atoms with Crippen LogP contribution in [-0.2, 0) is 4.79 Å². The first-order valence-electron chi connectivity index (χ1n) is 9.18. The molecule has 4 rings (SSSR count). The number of ether oxygens (including phenoxy) is 2. The van der Waals surface area contributed by atoms with Crippen LogP contribution in [-0.4, -0.2) is 30.6 Å². The van der Waals surface area contributed by atoms with Gasteiger partial charge in [-0.3, -0.25) is 4.79 Å². The molecule has 1 aromatic carbocycles. The largest absolute Gasteiger partial charge is 0.490 e. The zero-order chi connectivity index (χ0) is 16.4. The minimum absolute atomic E-state index is 0.163. The summed E-state index contributed by atoms with van der Waals surface area (Å²) in [5.74, 6) is 2.14. The lowest BCUT2D eigenvalue weighted by atomic mass is 9.92. The number of nitrogens with zero attached hydrogens (tertiary/aromatic N) is 1. The fourth-order valence-corrected chi connectivity index (χ4v) is 4.02. The number of fused-ring (bicyclic) bond motifs is 1. The molecule has 1 saturated heterocycles. The van der Waals surface area contributed by atoms with E-state index in [1.807, 2.05) is 6.07 Å². The Morgan fingerprint density at radius 2 is 1.92 bits per heavy atom. The molecule has 24 heavy (non-hydrogen) atoms. The zero-order valence-corrected chi connectivity index (χ0v) is 14.1. The van der Waals surface area contributed by atoms with Crippen LogP contribution in [0.3, 0.4) is 0 Å². The Balaban J connectivity index is 1.55. The van der Waals surface area contributed by atoms with Crippen LogP contribution in [0.4, 0.5) is 0 Å². The van der Waals surface area contributed by atoms with Crippen LogP contribution in [0.2, 0.25) is 0 Å². The first kappa shape index (κ1) is 15.6. The summed E-state index contributed by atoms with van der Waals surface area (Å²) in [6, 6.07) is 6.36. The first-order valence-corrected chi connectivity index (χ1v) is 9.18. The Morgan fingerprint density at radius 1 is 1.04 bits per heavy atom. The smallest absolute Gasteiger partial charge is 0.226 e. The molecule has 1 aliphatic carbocycles. The standard InChI is InChI=1S/C20H25NO3/c22-20(15-6-2-1-3-7-15)21-11-4-8-17(21)16-9-10-18-19(14-16)24-13-5-12-23-18/h1-2,9-10,14-15,17H,3-8,11-13H2/t15-,17-/m1/s1. The predicted molar refractivity (Wildman–Crippen MR) is 92.2 cm³/mol. The number of benzene rings is 1. The quantitative estimate of drug-likeness (QED) is 0.774. The molecule has 2 aliphatic heterocycles. The highest BCUT2D eigenvalue weighted by molar-refractivity contribution is 5.80. The molecule has 0 radical (unpaired) electrons. The Morgan fingerprint density at radius 3 is 2.75 bits per heavy atom. The topological polar surface area (TPSA) is 38.8 Å². The number of hydrogen-bond acceptors (Lipinski definition) is 3. The normalized spacial score (nSPS) is 26.2.